The largest absolute Gasteiger partial charge is 0.469 e. The molecule has 10 heavy (non-hydrogen) atoms. The number of carbonyl (C=O) groups is 1. The number of hydrogen-bond acceptors (Lipinski definition) is 2. The van der Waals surface area contributed by atoms with Crippen LogP contribution in [0, 0.1) is 0 Å². The average molecular weight is 185 g/mol. The summed E-state index contributed by atoms with van der Waals surface area (Å²) in [5.74, 6) is -0.0940. The first kappa shape index (κ1) is 12.6. The quantitative estimate of drug-likeness (QED) is 0.379. The monoisotopic (exact) mass is 185 g/mol. The maximum atomic E-state index is 10.5. The van der Waals surface area contributed by atoms with Crippen LogP contribution < -0.4 is 0 Å². The van der Waals surface area contributed by atoms with Crippen molar-refractivity contribution in [3.63, 3.8) is 0 Å². The van der Waals surface area contributed by atoms with Crippen molar-refractivity contribution in [1.82, 2.24) is 0 Å². The van der Waals surface area contributed by atoms with Gasteiger partial charge in [0.2, 0.25) is 0 Å². The van der Waals surface area contributed by atoms with Gasteiger partial charge in [0.25, 0.3) is 0 Å². The fourth-order valence-electron chi connectivity index (χ4n) is 0.621. The molecule has 2 nitrogen and oxygen atoms in total. The molecule has 0 aliphatic carbocycles. The van der Waals surface area contributed by atoms with E-state index in [0.717, 1.165) is 19.3 Å². The van der Waals surface area contributed by atoms with Crippen LogP contribution in [0.15, 0.2) is 0 Å². The first-order valence-electron chi connectivity index (χ1n) is 3.38. The third-order valence-electron chi connectivity index (χ3n) is 1.21. The summed E-state index contributed by atoms with van der Waals surface area (Å²) in [7, 11) is 1.42. The number of ether oxygens (including phenoxy) is 1. The van der Waals surface area contributed by atoms with Crippen molar-refractivity contribution in [2.75, 3.05) is 7.11 Å². The van der Waals surface area contributed by atoms with Gasteiger partial charge >= 0.3 is 5.97 Å². The van der Waals surface area contributed by atoms with Crippen LogP contribution >= 0.6 is 0 Å². The van der Waals surface area contributed by atoms with Gasteiger partial charge in [-0.1, -0.05) is 19.8 Å². The number of hydrogen-bond donors (Lipinski definition) is 0. The van der Waals surface area contributed by atoms with Gasteiger partial charge in [-0.15, -0.1) is 0 Å². The van der Waals surface area contributed by atoms with Crippen molar-refractivity contribution in [2.45, 2.75) is 32.6 Å². The van der Waals surface area contributed by atoms with Crippen LogP contribution in [0.4, 0.5) is 0 Å². The van der Waals surface area contributed by atoms with E-state index in [-0.39, 0.29) is 23.0 Å². The molecular weight excluding hydrogens is 171 g/mol. The first-order valence-corrected chi connectivity index (χ1v) is 3.38. The van der Waals surface area contributed by atoms with Gasteiger partial charge in [0.1, 0.15) is 0 Å². The Kier molecular flexibility index (Phi) is 11.4. The molecule has 0 rings (SSSR count). The van der Waals surface area contributed by atoms with Crippen molar-refractivity contribution in [1.29, 1.82) is 0 Å². The second-order valence-corrected chi connectivity index (χ2v) is 2.03. The Morgan fingerprint density at radius 1 is 1.40 bits per heavy atom. The van der Waals surface area contributed by atoms with E-state index in [9.17, 15) is 4.79 Å². The van der Waals surface area contributed by atoms with Gasteiger partial charge in [0.15, 0.2) is 0 Å². The summed E-state index contributed by atoms with van der Waals surface area (Å²) in [6.45, 7) is 2.11. The summed E-state index contributed by atoms with van der Waals surface area (Å²) in [4.78, 5) is 10.5. The minimum Gasteiger partial charge on any atom is -0.469 e. The molecule has 0 fully saturated rings. The van der Waals surface area contributed by atoms with E-state index >= 15 is 0 Å². The summed E-state index contributed by atoms with van der Waals surface area (Å²) in [5.41, 5.74) is 0. The molecule has 61 valence electrons. The number of carbonyl (C=O) groups excluding carboxylic acids is 1. The Hall–Kier alpha value is -0.0105. The van der Waals surface area contributed by atoms with Crippen LogP contribution in [0.5, 0.6) is 0 Å². The van der Waals surface area contributed by atoms with Gasteiger partial charge in [-0.2, -0.15) is 0 Å². The molecule has 0 aromatic heterocycles. The summed E-state index contributed by atoms with van der Waals surface area (Å²) in [6, 6.07) is 0. The van der Waals surface area contributed by atoms with Gasteiger partial charge in [0, 0.05) is 23.5 Å². The summed E-state index contributed by atoms with van der Waals surface area (Å²) in [6.07, 6.45) is 3.81. The van der Waals surface area contributed by atoms with Crippen LogP contribution in [0.2, 0.25) is 0 Å². The molecule has 0 heterocycles. The Morgan fingerprint density at radius 2 is 2.00 bits per heavy atom. The number of methoxy groups -OCH3 is 1. The molecule has 0 aliphatic rings. The number of rotatable bonds is 4. The minimum atomic E-state index is -0.0940. The van der Waals surface area contributed by atoms with Crippen molar-refractivity contribution in [3.05, 3.63) is 0 Å². The van der Waals surface area contributed by atoms with E-state index in [2.05, 4.69) is 11.7 Å². The molecule has 0 bridgehead atoms. The molecule has 0 unspecified atom stereocenters. The zero-order chi connectivity index (χ0) is 7.11. The summed E-state index contributed by atoms with van der Waals surface area (Å²) in [5, 5.41) is 0. The van der Waals surface area contributed by atoms with Crippen molar-refractivity contribution in [2.24, 2.45) is 0 Å². The molecule has 0 aliphatic heterocycles. The van der Waals surface area contributed by atoms with E-state index in [1.807, 2.05) is 0 Å². The van der Waals surface area contributed by atoms with Gasteiger partial charge in [-0.05, 0) is 6.42 Å². The maximum Gasteiger partial charge on any atom is 0.305 e. The molecule has 0 aromatic rings. The van der Waals surface area contributed by atoms with Crippen LogP contribution in [0.3, 0.4) is 0 Å². The van der Waals surface area contributed by atoms with Crippen molar-refractivity contribution in [3.8, 4) is 0 Å². The van der Waals surface area contributed by atoms with E-state index < -0.39 is 0 Å². The third kappa shape index (κ3) is 7.99. The second kappa shape index (κ2) is 8.99. The Labute approximate surface area is 72.8 Å². The predicted molar refractivity (Wildman–Crippen MR) is 36.2 cm³/mol. The Bertz CT molecular complexity index is 83.7. The molecule has 3 heteroatoms. The number of unbranched alkanes of at least 4 members (excludes halogenated alkanes) is 2. The van der Waals surface area contributed by atoms with E-state index in [1.54, 1.807) is 0 Å². The van der Waals surface area contributed by atoms with E-state index in [1.165, 1.54) is 7.11 Å². The zero-order valence-corrected chi connectivity index (χ0v) is 7.70. The molecule has 0 atom stereocenters. The predicted octanol–water partition coefficient (Wildman–Crippen LogP) is 1.74. The molecule has 0 saturated carbocycles. The topological polar surface area (TPSA) is 26.3 Å². The standard InChI is InChI=1S/C7H14O2.Mn/c1-3-4-5-6-7(8)9-2;/h3-6H2,1-2H3;. The summed E-state index contributed by atoms with van der Waals surface area (Å²) >= 11 is 0. The second-order valence-electron chi connectivity index (χ2n) is 2.03. The minimum absolute atomic E-state index is 0. The van der Waals surface area contributed by atoms with Gasteiger partial charge in [0.05, 0.1) is 7.11 Å². The SMILES string of the molecule is CCCCCC(=O)OC.[Mn]. The zero-order valence-electron chi connectivity index (χ0n) is 6.52. The normalized spacial score (nSPS) is 8.20. The molecule has 0 amide bonds. The average Bonchev–Trinajstić information content (AvgIpc) is 1.89. The van der Waals surface area contributed by atoms with Crippen LogP contribution in [0.25, 0.3) is 0 Å². The van der Waals surface area contributed by atoms with Crippen molar-refractivity contribution >= 4 is 5.97 Å². The molecule has 1 radical (unpaired) electrons. The fourth-order valence-corrected chi connectivity index (χ4v) is 0.621. The Morgan fingerprint density at radius 3 is 2.40 bits per heavy atom. The molecule has 0 spiro atoms. The van der Waals surface area contributed by atoms with Crippen molar-refractivity contribution < 1.29 is 26.6 Å². The number of esters is 1. The Balaban J connectivity index is 0. The van der Waals surface area contributed by atoms with E-state index in [4.69, 9.17) is 0 Å². The fraction of sp³-hybridized carbons (Fsp3) is 0.857. The van der Waals surface area contributed by atoms with Gasteiger partial charge in [-0.25, -0.2) is 0 Å². The van der Waals surface area contributed by atoms with Crippen LogP contribution in [-0.2, 0) is 26.6 Å². The molecular formula is C7H14MnO2. The molecule has 0 saturated heterocycles. The van der Waals surface area contributed by atoms with Gasteiger partial charge < -0.3 is 4.74 Å². The molecule has 0 aromatic carbocycles. The van der Waals surface area contributed by atoms with Crippen LogP contribution in [0.1, 0.15) is 32.6 Å². The van der Waals surface area contributed by atoms with Crippen LogP contribution in [-0.4, -0.2) is 13.1 Å². The van der Waals surface area contributed by atoms with E-state index in [0.29, 0.717) is 6.42 Å². The molecule has 0 N–H and O–H groups in total. The maximum absolute atomic E-state index is 10.5. The first-order chi connectivity index (χ1) is 4.31. The van der Waals surface area contributed by atoms with Gasteiger partial charge in [-0.3, -0.25) is 4.79 Å². The smallest absolute Gasteiger partial charge is 0.305 e. The third-order valence-corrected chi connectivity index (χ3v) is 1.21. The summed E-state index contributed by atoms with van der Waals surface area (Å²) < 4.78 is 4.46.